The molecule has 152 valence electrons. The minimum absolute atomic E-state index is 0.285. The van der Waals surface area contributed by atoms with E-state index in [1.807, 2.05) is 36.4 Å². The number of nitrogens with zero attached hydrogens (tertiary/aromatic N) is 2. The topological polar surface area (TPSA) is 76.1 Å². The van der Waals surface area contributed by atoms with Gasteiger partial charge in [-0.05, 0) is 29.8 Å². The summed E-state index contributed by atoms with van der Waals surface area (Å²) in [5.74, 6) is 1.54. The van der Waals surface area contributed by atoms with Crippen molar-refractivity contribution in [3.63, 3.8) is 0 Å². The van der Waals surface area contributed by atoms with Crippen LogP contribution in [0.5, 0.6) is 11.5 Å². The molecule has 1 aliphatic rings. The van der Waals surface area contributed by atoms with Crippen molar-refractivity contribution in [3.05, 3.63) is 54.4 Å². The molecule has 0 radical (unpaired) electrons. The summed E-state index contributed by atoms with van der Waals surface area (Å²) in [5.41, 5.74) is 1.13. The van der Waals surface area contributed by atoms with E-state index in [2.05, 4.69) is 15.2 Å². The molecule has 1 saturated heterocycles. The zero-order valence-electron chi connectivity index (χ0n) is 16.1. The Kier molecular flexibility index (Phi) is 8.52. The van der Waals surface area contributed by atoms with Crippen LogP contribution in [0, 0.1) is 0 Å². The van der Waals surface area contributed by atoms with E-state index in [0.29, 0.717) is 13.2 Å². The van der Waals surface area contributed by atoms with E-state index in [4.69, 9.17) is 14.2 Å². The Morgan fingerprint density at radius 2 is 2.00 bits per heavy atom. The van der Waals surface area contributed by atoms with Gasteiger partial charge in [0.2, 0.25) is 0 Å². The highest BCUT2D eigenvalue weighted by Gasteiger charge is 2.15. The number of morpholine rings is 1. The molecule has 0 saturated carbocycles. The monoisotopic (exact) mass is 387 g/mol. The van der Waals surface area contributed by atoms with Crippen molar-refractivity contribution in [3.8, 4) is 11.5 Å². The lowest BCUT2D eigenvalue weighted by Crippen LogP contribution is -2.42. The second kappa shape index (κ2) is 11.6. The highest BCUT2D eigenvalue weighted by Crippen LogP contribution is 2.14. The van der Waals surface area contributed by atoms with Gasteiger partial charge in [-0.15, -0.1) is 0 Å². The standard InChI is InChI=1S/C21H29N3O4/c25-19(16-24-8-11-26-12-9-24)17-28-20-4-1-3-18(13-20)14-23-7-10-27-21-5-2-6-22-15-21/h1-6,13,15,19,23,25H,7-12,14,16-17H2. The number of pyridine rings is 1. The fraction of sp³-hybridized carbons (Fsp3) is 0.476. The Balaban J connectivity index is 1.32. The van der Waals surface area contributed by atoms with Crippen LogP contribution in [0.4, 0.5) is 0 Å². The van der Waals surface area contributed by atoms with Crippen LogP contribution in [0.3, 0.4) is 0 Å². The van der Waals surface area contributed by atoms with Gasteiger partial charge in [-0.2, -0.15) is 0 Å². The van der Waals surface area contributed by atoms with Crippen LogP contribution in [-0.2, 0) is 11.3 Å². The van der Waals surface area contributed by atoms with Crippen molar-refractivity contribution in [2.24, 2.45) is 0 Å². The van der Waals surface area contributed by atoms with E-state index in [1.54, 1.807) is 12.4 Å². The predicted octanol–water partition coefficient (Wildman–Crippen LogP) is 1.32. The maximum atomic E-state index is 10.2. The summed E-state index contributed by atoms with van der Waals surface area (Å²) in [4.78, 5) is 6.22. The molecule has 2 N–H and O–H groups in total. The van der Waals surface area contributed by atoms with E-state index in [-0.39, 0.29) is 6.61 Å². The number of ether oxygens (including phenoxy) is 3. The average molecular weight is 387 g/mol. The van der Waals surface area contributed by atoms with Gasteiger partial charge in [0, 0.05) is 38.9 Å². The van der Waals surface area contributed by atoms with Crippen molar-refractivity contribution in [2.45, 2.75) is 12.6 Å². The van der Waals surface area contributed by atoms with Gasteiger partial charge < -0.3 is 24.6 Å². The number of aliphatic hydroxyl groups excluding tert-OH is 1. The number of aromatic nitrogens is 1. The van der Waals surface area contributed by atoms with Gasteiger partial charge >= 0.3 is 0 Å². The molecule has 0 spiro atoms. The molecule has 2 heterocycles. The molecule has 1 aliphatic heterocycles. The second-order valence-electron chi connectivity index (χ2n) is 6.74. The lowest BCUT2D eigenvalue weighted by atomic mass is 10.2. The van der Waals surface area contributed by atoms with E-state index in [1.165, 1.54) is 0 Å². The maximum absolute atomic E-state index is 10.2. The summed E-state index contributed by atoms with van der Waals surface area (Å²) < 4.78 is 16.7. The van der Waals surface area contributed by atoms with Gasteiger partial charge in [0.25, 0.3) is 0 Å². The van der Waals surface area contributed by atoms with Gasteiger partial charge in [0.15, 0.2) is 0 Å². The Bertz CT molecular complexity index is 680. The Morgan fingerprint density at radius 1 is 1.14 bits per heavy atom. The molecule has 3 rings (SSSR count). The zero-order valence-corrected chi connectivity index (χ0v) is 16.1. The number of β-amino-alcohol motifs (C(OH)–C–C–N with tert-alkyl or cyclic N) is 1. The van der Waals surface area contributed by atoms with Crippen LogP contribution in [0.25, 0.3) is 0 Å². The van der Waals surface area contributed by atoms with Crippen molar-refractivity contribution in [1.82, 2.24) is 15.2 Å². The number of hydrogen-bond acceptors (Lipinski definition) is 7. The Morgan fingerprint density at radius 3 is 2.82 bits per heavy atom. The summed E-state index contributed by atoms with van der Waals surface area (Å²) in [7, 11) is 0. The summed E-state index contributed by atoms with van der Waals surface area (Å²) in [6.45, 7) is 6.13. The van der Waals surface area contributed by atoms with Gasteiger partial charge in [0.1, 0.15) is 30.8 Å². The first-order chi connectivity index (χ1) is 13.8. The van der Waals surface area contributed by atoms with E-state index in [9.17, 15) is 5.11 Å². The Labute approximate surface area is 166 Å². The van der Waals surface area contributed by atoms with Gasteiger partial charge in [-0.25, -0.2) is 0 Å². The third-order valence-corrected chi connectivity index (χ3v) is 4.42. The van der Waals surface area contributed by atoms with E-state index in [0.717, 1.165) is 56.5 Å². The highest BCUT2D eigenvalue weighted by atomic mass is 16.5. The molecule has 7 nitrogen and oxygen atoms in total. The third-order valence-electron chi connectivity index (χ3n) is 4.42. The number of rotatable bonds is 11. The van der Waals surface area contributed by atoms with Crippen molar-refractivity contribution in [2.75, 3.05) is 52.6 Å². The van der Waals surface area contributed by atoms with Crippen molar-refractivity contribution in [1.29, 1.82) is 0 Å². The molecule has 2 aromatic rings. The highest BCUT2D eigenvalue weighted by molar-refractivity contribution is 5.28. The predicted molar refractivity (Wildman–Crippen MR) is 107 cm³/mol. The maximum Gasteiger partial charge on any atom is 0.137 e. The zero-order chi connectivity index (χ0) is 19.4. The SMILES string of the molecule is OC(COc1cccc(CNCCOc2cccnc2)c1)CN1CCOCC1. The lowest BCUT2D eigenvalue weighted by Gasteiger charge is -2.28. The molecule has 1 aromatic carbocycles. The minimum Gasteiger partial charge on any atom is -0.491 e. The summed E-state index contributed by atoms with van der Waals surface area (Å²) >= 11 is 0. The normalized spacial score (nSPS) is 15.9. The third kappa shape index (κ3) is 7.44. The van der Waals surface area contributed by atoms with Gasteiger partial charge in [0.05, 0.1) is 19.4 Å². The summed E-state index contributed by atoms with van der Waals surface area (Å²) in [6.07, 6.45) is 2.92. The van der Waals surface area contributed by atoms with E-state index < -0.39 is 6.10 Å². The number of benzene rings is 1. The van der Waals surface area contributed by atoms with Crippen LogP contribution in [0.15, 0.2) is 48.8 Å². The fourth-order valence-corrected chi connectivity index (χ4v) is 2.98. The minimum atomic E-state index is -0.510. The van der Waals surface area contributed by atoms with E-state index >= 15 is 0 Å². The average Bonchev–Trinajstić information content (AvgIpc) is 2.74. The van der Waals surface area contributed by atoms with Gasteiger partial charge in [-0.1, -0.05) is 12.1 Å². The molecule has 1 aromatic heterocycles. The lowest BCUT2D eigenvalue weighted by molar-refractivity contribution is 0.00465. The Hall–Kier alpha value is -2.19. The number of nitrogens with one attached hydrogen (secondary N) is 1. The molecule has 0 bridgehead atoms. The van der Waals surface area contributed by atoms with Crippen molar-refractivity contribution >= 4 is 0 Å². The molecule has 1 fully saturated rings. The van der Waals surface area contributed by atoms with Crippen LogP contribution >= 0.6 is 0 Å². The van der Waals surface area contributed by atoms with Crippen LogP contribution in [0.2, 0.25) is 0 Å². The summed E-state index contributed by atoms with van der Waals surface area (Å²) in [6, 6.07) is 11.7. The molecule has 28 heavy (non-hydrogen) atoms. The van der Waals surface area contributed by atoms with Crippen LogP contribution < -0.4 is 14.8 Å². The first-order valence-electron chi connectivity index (χ1n) is 9.73. The molecule has 0 aliphatic carbocycles. The second-order valence-corrected chi connectivity index (χ2v) is 6.74. The van der Waals surface area contributed by atoms with Crippen molar-refractivity contribution < 1.29 is 19.3 Å². The molecule has 7 heteroatoms. The first-order valence-corrected chi connectivity index (χ1v) is 9.73. The van der Waals surface area contributed by atoms with Crippen LogP contribution in [0.1, 0.15) is 5.56 Å². The summed E-state index contributed by atoms with van der Waals surface area (Å²) in [5, 5.41) is 13.5. The molecule has 1 unspecified atom stereocenters. The van der Waals surface area contributed by atoms with Gasteiger partial charge in [-0.3, -0.25) is 9.88 Å². The molecule has 1 atom stereocenters. The smallest absolute Gasteiger partial charge is 0.137 e. The van der Waals surface area contributed by atoms with Crippen LogP contribution in [-0.4, -0.2) is 73.7 Å². The first kappa shape index (κ1) is 20.5. The quantitative estimate of drug-likeness (QED) is 0.563. The molecular weight excluding hydrogens is 358 g/mol. The number of aliphatic hydroxyl groups is 1. The largest absolute Gasteiger partial charge is 0.491 e. The molecular formula is C21H29N3O4. The molecule has 0 amide bonds. The number of hydrogen-bond donors (Lipinski definition) is 2. The fourth-order valence-electron chi connectivity index (χ4n) is 2.98.